The highest BCUT2D eigenvalue weighted by molar-refractivity contribution is 5.83. The van der Waals surface area contributed by atoms with Crippen LogP contribution in [0.15, 0.2) is 67.0 Å². The minimum atomic E-state index is -4.60. The lowest BCUT2D eigenvalue weighted by Crippen LogP contribution is -2.23. The first-order chi connectivity index (χ1) is 16.4. The molecule has 1 N–H and O–H groups in total. The van der Waals surface area contributed by atoms with Crippen LogP contribution >= 0.6 is 0 Å². The van der Waals surface area contributed by atoms with E-state index in [0.717, 1.165) is 30.5 Å². The van der Waals surface area contributed by atoms with E-state index in [9.17, 15) is 31.1 Å². The van der Waals surface area contributed by atoms with Gasteiger partial charge < -0.3 is 14.4 Å². The molecule has 184 valence electrons. The van der Waals surface area contributed by atoms with E-state index in [1.54, 1.807) is 18.3 Å². The minimum Gasteiger partial charge on any atom is -0.480 e. The van der Waals surface area contributed by atoms with Crippen molar-refractivity contribution in [2.45, 2.75) is 31.5 Å². The standard InChI is InChI=1S/C23H17F6N3O3/c24-22(25,26)13-32-18(7-9-30-32)21(15-1-4-16(5-2-15)23(27,28)29)35-17-6-3-14-8-10-31(12-20(33)34)19(14)11-17/h1-11,21H,12-13H2,(H,33,34)/t21-/m0/s1. The Morgan fingerprint density at radius 2 is 1.71 bits per heavy atom. The average molecular weight is 497 g/mol. The molecule has 1 atom stereocenters. The summed E-state index contributed by atoms with van der Waals surface area (Å²) in [6, 6.07) is 11.6. The van der Waals surface area contributed by atoms with Crippen molar-refractivity contribution in [3.05, 3.63) is 83.8 Å². The SMILES string of the molecule is O=C(O)Cn1ccc2ccc(O[C@@H](c3ccc(C(F)(F)F)cc3)c3ccnn3CC(F)(F)F)cc21. The maximum atomic E-state index is 13.1. The number of ether oxygens (including phenoxy) is 1. The molecule has 0 aliphatic carbocycles. The first kappa shape index (κ1) is 24.2. The Morgan fingerprint density at radius 3 is 2.34 bits per heavy atom. The highest BCUT2D eigenvalue weighted by Crippen LogP contribution is 2.34. The molecule has 0 bridgehead atoms. The van der Waals surface area contributed by atoms with Crippen LogP contribution in [0.4, 0.5) is 26.3 Å². The van der Waals surface area contributed by atoms with Crippen molar-refractivity contribution in [3.8, 4) is 5.75 Å². The molecule has 4 aromatic rings. The van der Waals surface area contributed by atoms with Crippen LogP contribution in [0.5, 0.6) is 5.75 Å². The summed E-state index contributed by atoms with van der Waals surface area (Å²) in [6.07, 6.45) is -7.71. The van der Waals surface area contributed by atoms with Gasteiger partial charge in [-0.05, 0) is 47.3 Å². The third-order valence-electron chi connectivity index (χ3n) is 5.19. The number of hydrogen-bond acceptors (Lipinski definition) is 3. The lowest BCUT2D eigenvalue weighted by Gasteiger charge is -2.22. The fraction of sp³-hybridized carbons (Fsp3) is 0.217. The molecule has 35 heavy (non-hydrogen) atoms. The number of alkyl halides is 6. The van der Waals surface area contributed by atoms with Gasteiger partial charge in [-0.2, -0.15) is 31.4 Å². The zero-order valence-electron chi connectivity index (χ0n) is 17.7. The van der Waals surface area contributed by atoms with Crippen LogP contribution in [0.1, 0.15) is 22.9 Å². The van der Waals surface area contributed by atoms with Gasteiger partial charge in [0.1, 0.15) is 18.8 Å². The summed E-state index contributed by atoms with van der Waals surface area (Å²) >= 11 is 0. The van der Waals surface area contributed by atoms with Crippen LogP contribution in [0, 0.1) is 0 Å². The van der Waals surface area contributed by atoms with Gasteiger partial charge in [0.25, 0.3) is 0 Å². The van der Waals surface area contributed by atoms with Crippen LogP contribution in [-0.4, -0.2) is 31.6 Å². The van der Waals surface area contributed by atoms with E-state index in [-0.39, 0.29) is 23.6 Å². The Balaban J connectivity index is 1.75. The summed E-state index contributed by atoms with van der Waals surface area (Å²) in [5, 5.41) is 13.5. The minimum absolute atomic E-state index is 0.0249. The molecule has 2 aromatic carbocycles. The first-order valence-electron chi connectivity index (χ1n) is 10.1. The van der Waals surface area contributed by atoms with Crippen molar-refractivity contribution in [1.82, 2.24) is 14.3 Å². The Labute approximate surface area is 194 Å². The van der Waals surface area contributed by atoms with Gasteiger partial charge in [-0.25, -0.2) is 0 Å². The second-order valence-corrected chi connectivity index (χ2v) is 7.70. The van der Waals surface area contributed by atoms with Gasteiger partial charge in [-0.3, -0.25) is 9.48 Å². The summed E-state index contributed by atoms with van der Waals surface area (Å²) in [4.78, 5) is 11.1. The molecular weight excluding hydrogens is 480 g/mol. The molecule has 0 spiro atoms. The Morgan fingerprint density at radius 1 is 1.00 bits per heavy atom. The predicted octanol–water partition coefficient (Wildman–Crippen LogP) is 5.67. The summed E-state index contributed by atoms with van der Waals surface area (Å²) in [7, 11) is 0. The molecule has 4 rings (SSSR count). The normalized spacial score (nSPS) is 13.2. The predicted molar refractivity (Wildman–Crippen MR) is 112 cm³/mol. The summed E-state index contributed by atoms with van der Waals surface area (Å²) in [6.45, 7) is -1.75. The van der Waals surface area contributed by atoms with Crippen LogP contribution < -0.4 is 4.74 Å². The van der Waals surface area contributed by atoms with Gasteiger partial charge >= 0.3 is 18.3 Å². The van der Waals surface area contributed by atoms with Gasteiger partial charge in [0.2, 0.25) is 0 Å². The molecule has 12 heteroatoms. The summed E-state index contributed by atoms with van der Waals surface area (Å²) in [5.74, 6) is -0.903. The third-order valence-corrected chi connectivity index (χ3v) is 5.19. The molecular formula is C23H17F6N3O3. The first-order valence-corrected chi connectivity index (χ1v) is 10.1. The molecule has 2 heterocycles. The van der Waals surface area contributed by atoms with E-state index in [4.69, 9.17) is 9.84 Å². The zero-order chi connectivity index (χ0) is 25.4. The van der Waals surface area contributed by atoms with Gasteiger partial charge in [-0.15, -0.1) is 0 Å². The summed E-state index contributed by atoms with van der Waals surface area (Å²) < 4.78 is 86.4. The van der Waals surface area contributed by atoms with Crippen molar-refractivity contribution in [3.63, 3.8) is 0 Å². The van der Waals surface area contributed by atoms with Crippen molar-refractivity contribution in [2.75, 3.05) is 0 Å². The van der Waals surface area contributed by atoms with Crippen LogP contribution in [0.3, 0.4) is 0 Å². The molecule has 0 aliphatic heterocycles. The number of carboxylic acid groups (broad SMARTS) is 1. The van der Waals surface area contributed by atoms with Crippen molar-refractivity contribution in [2.24, 2.45) is 0 Å². The highest BCUT2D eigenvalue weighted by atomic mass is 19.4. The number of carboxylic acids is 1. The third kappa shape index (κ3) is 5.58. The molecule has 0 saturated heterocycles. The smallest absolute Gasteiger partial charge is 0.416 e. The molecule has 2 aromatic heterocycles. The quantitative estimate of drug-likeness (QED) is 0.334. The Kier molecular flexibility index (Phi) is 6.22. The van der Waals surface area contributed by atoms with Gasteiger partial charge in [0.15, 0.2) is 6.10 Å². The average Bonchev–Trinajstić information content (AvgIpc) is 3.37. The van der Waals surface area contributed by atoms with E-state index in [1.165, 1.54) is 22.8 Å². The van der Waals surface area contributed by atoms with E-state index in [0.29, 0.717) is 15.6 Å². The van der Waals surface area contributed by atoms with E-state index >= 15 is 0 Å². The van der Waals surface area contributed by atoms with E-state index < -0.39 is 36.5 Å². The molecule has 6 nitrogen and oxygen atoms in total. The monoisotopic (exact) mass is 497 g/mol. The molecule has 0 radical (unpaired) electrons. The Hall–Kier alpha value is -3.96. The van der Waals surface area contributed by atoms with Crippen molar-refractivity contribution in [1.29, 1.82) is 0 Å². The maximum Gasteiger partial charge on any atom is 0.416 e. The van der Waals surface area contributed by atoms with E-state index in [2.05, 4.69) is 5.10 Å². The molecule has 0 fully saturated rings. The highest BCUT2D eigenvalue weighted by Gasteiger charge is 2.33. The van der Waals surface area contributed by atoms with Crippen molar-refractivity contribution >= 4 is 16.9 Å². The molecule has 0 unspecified atom stereocenters. The maximum absolute atomic E-state index is 13.1. The van der Waals surface area contributed by atoms with E-state index in [1.807, 2.05) is 0 Å². The van der Waals surface area contributed by atoms with Crippen LogP contribution in [0.25, 0.3) is 10.9 Å². The number of fused-ring (bicyclic) bond motifs is 1. The summed E-state index contributed by atoms with van der Waals surface area (Å²) in [5.41, 5.74) is -0.275. The zero-order valence-corrected chi connectivity index (χ0v) is 17.7. The number of rotatable bonds is 7. The lowest BCUT2D eigenvalue weighted by molar-refractivity contribution is -0.143. The number of benzene rings is 2. The van der Waals surface area contributed by atoms with Gasteiger partial charge in [0.05, 0.1) is 16.8 Å². The second kappa shape index (κ2) is 9.01. The number of nitrogens with zero attached hydrogens (tertiary/aromatic N) is 3. The largest absolute Gasteiger partial charge is 0.480 e. The fourth-order valence-corrected chi connectivity index (χ4v) is 3.67. The molecule has 0 aliphatic rings. The number of hydrogen-bond donors (Lipinski definition) is 1. The lowest BCUT2D eigenvalue weighted by atomic mass is 10.0. The Bertz CT molecular complexity index is 1340. The number of halogens is 6. The van der Waals surface area contributed by atoms with Gasteiger partial charge in [-0.1, -0.05) is 12.1 Å². The number of aromatic nitrogens is 3. The topological polar surface area (TPSA) is 69.3 Å². The van der Waals surface area contributed by atoms with Crippen molar-refractivity contribution < 1.29 is 41.0 Å². The second-order valence-electron chi connectivity index (χ2n) is 7.70. The number of aliphatic carboxylic acids is 1. The molecule has 0 saturated carbocycles. The molecule has 0 amide bonds. The van der Waals surface area contributed by atoms with Crippen LogP contribution in [-0.2, 0) is 24.1 Å². The van der Waals surface area contributed by atoms with Crippen LogP contribution in [0.2, 0.25) is 0 Å². The number of carbonyl (C=O) groups is 1. The van der Waals surface area contributed by atoms with Gasteiger partial charge in [0, 0.05) is 18.5 Å². The fourth-order valence-electron chi connectivity index (χ4n) is 3.67.